The summed E-state index contributed by atoms with van der Waals surface area (Å²) in [7, 11) is 0. The van der Waals surface area contributed by atoms with Crippen LogP contribution in [0.1, 0.15) is 26.2 Å². The molecule has 1 aliphatic rings. The van der Waals surface area contributed by atoms with Crippen molar-refractivity contribution in [3.05, 3.63) is 30.3 Å². The van der Waals surface area contributed by atoms with Crippen molar-refractivity contribution in [3.63, 3.8) is 0 Å². The summed E-state index contributed by atoms with van der Waals surface area (Å²) in [6.07, 6.45) is 3.81. The zero-order valence-corrected chi connectivity index (χ0v) is 12.7. The third-order valence-corrected chi connectivity index (χ3v) is 3.99. The van der Waals surface area contributed by atoms with Crippen LogP contribution in [0.4, 0.5) is 0 Å². The second-order valence-corrected chi connectivity index (χ2v) is 5.62. The van der Waals surface area contributed by atoms with Gasteiger partial charge in [0.2, 0.25) is 0 Å². The number of rotatable bonds is 8. The molecule has 112 valence electrons. The van der Waals surface area contributed by atoms with E-state index < -0.39 is 0 Å². The predicted molar refractivity (Wildman–Crippen MR) is 84.3 cm³/mol. The second-order valence-electron chi connectivity index (χ2n) is 5.62. The first-order valence-corrected chi connectivity index (χ1v) is 7.99. The number of nitrogens with one attached hydrogen (secondary N) is 1. The van der Waals surface area contributed by atoms with Crippen LogP contribution in [0.2, 0.25) is 0 Å². The monoisotopic (exact) mass is 276 g/mol. The molecule has 0 radical (unpaired) electrons. The van der Waals surface area contributed by atoms with Gasteiger partial charge in [-0.25, -0.2) is 0 Å². The first-order valence-electron chi connectivity index (χ1n) is 7.99. The molecule has 0 amide bonds. The van der Waals surface area contributed by atoms with Crippen LogP contribution in [0.5, 0.6) is 5.75 Å². The zero-order chi connectivity index (χ0) is 14.0. The fourth-order valence-electron chi connectivity index (χ4n) is 2.82. The van der Waals surface area contributed by atoms with Crippen LogP contribution in [-0.2, 0) is 0 Å². The molecule has 1 heterocycles. The number of piperidine rings is 1. The van der Waals surface area contributed by atoms with Crippen molar-refractivity contribution >= 4 is 0 Å². The number of hydrogen-bond donors (Lipinski definition) is 1. The maximum atomic E-state index is 5.75. The molecular formula is C17H28N2O. The molecule has 1 aromatic rings. The summed E-state index contributed by atoms with van der Waals surface area (Å²) in [5.41, 5.74) is 0. The standard InChI is InChI=1S/C17H28N2O/c1-2-19(15-16-8-6-11-18-14-16)12-7-13-20-17-9-4-3-5-10-17/h3-5,9-10,16,18H,2,6-8,11-15H2,1H3. The lowest BCUT2D eigenvalue weighted by Crippen LogP contribution is -2.38. The molecule has 1 aliphatic heterocycles. The Kier molecular flexibility index (Phi) is 6.89. The van der Waals surface area contributed by atoms with Crippen LogP contribution in [0.25, 0.3) is 0 Å². The molecule has 1 atom stereocenters. The summed E-state index contributed by atoms with van der Waals surface area (Å²) < 4.78 is 5.75. The molecule has 3 heteroatoms. The Hall–Kier alpha value is -1.06. The molecule has 0 bridgehead atoms. The van der Waals surface area contributed by atoms with Gasteiger partial charge in [0.1, 0.15) is 5.75 Å². The quantitative estimate of drug-likeness (QED) is 0.739. The molecule has 1 unspecified atom stereocenters. The Balaban J connectivity index is 1.61. The van der Waals surface area contributed by atoms with Gasteiger partial charge in [0.25, 0.3) is 0 Å². The van der Waals surface area contributed by atoms with Crippen LogP contribution >= 0.6 is 0 Å². The molecule has 1 N–H and O–H groups in total. The van der Waals surface area contributed by atoms with Gasteiger partial charge >= 0.3 is 0 Å². The van der Waals surface area contributed by atoms with E-state index in [0.717, 1.165) is 37.8 Å². The average Bonchev–Trinajstić information content (AvgIpc) is 2.52. The normalized spacial score (nSPS) is 19.2. The van der Waals surface area contributed by atoms with Crippen molar-refractivity contribution in [2.45, 2.75) is 26.2 Å². The van der Waals surface area contributed by atoms with Crippen molar-refractivity contribution in [1.82, 2.24) is 10.2 Å². The van der Waals surface area contributed by atoms with Gasteiger partial charge in [-0.15, -0.1) is 0 Å². The summed E-state index contributed by atoms with van der Waals surface area (Å²) in [6, 6.07) is 10.1. The Bertz CT molecular complexity index is 349. The summed E-state index contributed by atoms with van der Waals surface area (Å²) in [5.74, 6) is 1.81. The van der Waals surface area contributed by atoms with Crippen molar-refractivity contribution in [2.24, 2.45) is 5.92 Å². The molecule has 20 heavy (non-hydrogen) atoms. The fourth-order valence-corrected chi connectivity index (χ4v) is 2.82. The SMILES string of the molecule is CCN(CCCOc1ccccc1)CC1CCCNC1. The third-order valence-electron chi connectivity index (χ3n) is 3.99. The van der Waals surface area contributed by atoms with Gasteiger partial charge in [0.05, 0.1) is 6.61 Å². The smallest absolute Gasteiger partial charge is 0.119 e. The van der Waals surface area contributed by atoms with E-state index >= 15 is 0 Å². The van der Waals surface area contributed by atoms with Crippen LogP contribution in [0, 0.1) is 5.92 Å². The van der Waals surface area contributed by atoms with Gasteiger partial charge < -0.3 is 15.0 Å². The Morgan fingerprint density at radius 2 is 2.15 bits per heavy atom. The van der Waals surface area contributed by atoms with Gasteiger partial charge in [-0.05, 0) is 56.9 Å². The van der Waals surface area contributed by atoms with Crippen molar-refractivity contribution in [2.75, 3.05) is 39.3 Å². The minimum atomic E-state index is 0.809. The van der Waals surface area contributed by atoms with Crippen LogP contribution < -0.4 is 10.1 Å². The summed E-state index contributed by atoms with van der Waals surface area (Å²) in [5, 5.41) is 3.50. The van der Waals surface area contributed by atoms with Crippen LogP contribution in [-0.4, -0.2) is 44.2 Å². The van der Waals surface area contributed by atoms with Crippen molar-refractivity contribution < 1.29 is 4.74 Å². The van der Waals surface area contributed by atoms with E-state index in [9.17, 15) is 0 Å². The molecule has 0 saturated carbocycles. The van der Waals surface area contributed by atoms with E-state index in [2.05, 4.69) is 17.1 Å². The Labute approximate surface area is 123 Å². The van der Waals surface area contributed by atoms with Crippen molar-refractivity contribution in [3.8, 4) is 5.75 Å². The van der Waals surface area contributed by atoms with E-state index in [1.54, 1.807) is 0 Å². The predicted octanol–water partition coefficient (Wildman–Crippen LogP) is 2.78. The summed E-state index contributed by atoms with van der Waals surface area (Å²) >= 11 is 0. The lowest BCUT2D eigenvalue weighted by atomic mass is 9.99. The van der Waals surface area contributed by atoms with Gasteiger partial charge in [0.15, 0.2) is 0 Å². The minimum absolute atomic E-state index is 0.809. The highest BCUT2D eigenvalue weighted by molar-refractivity contribution is 5.20. The molecule has 2 rings (SSSR count). The highest BCUT2D eigenvalue weighted by Gasteiger charge is 2.15. The highest BCUT2D eigenvalue weighted by atomic mass is 16.5. The average molecular weight is 276 g/mol. The minimum Gasteiger partial charge on any atom is -0.494 e. The molecule has 1 aromatic carbocycles. The molecule has 3 nitrogen and oxygen atoms in total. The molecule has 1 saturated heterocycles. The number of ether oxygens (including phenoxy) is 1. The van der Waals surface area contributed by atoms with Crippen LogP contribution in [0.3, 0.4) is 0 Å². The molecule has 0 aromatic heterocycles. The van der Waals surface area contributed by atoms with Gasteiger partial charge in [-0.1, -0.05) is 25.1 Å². The summed E-state index contributed by atoms with van der Waals surface area (Å²) in [4.78, 5) is 2.56. The fraction of sp³-hybridized carbons (Fsp3) is 0.647. The van der Waals surface area contributed by atoms with E-state index in [-0.39, 0.29) is 0 Å². The van der Waals surface area contributed by atoms with E-state index in [0.29, 0.717) is 0 Å². The Morgan fingerprint density at radius 1 is 1.30 bits per heavy atom. The highest BCUT2D eigenvalue weighted by Crippen LogP contribution is 2.12. The molecule has 0 aliphatic carbocycles. The number of para-hydroxylation sites is 1. The van der Waals surface area contributed by atoms with Gasteiger partial charge in [-0.3, -0.25) is 0 Å². The van der Waals surface area contributed by atoms with Crippen LogP contribution in [0.15, 0.2) is 30.3 Å². The topological polar surface area (TPSA) is 24.5 Å². The van der Waals surface area contributed by atoms with E-state index in [1.165, 1.54) is 32.5 Å². The Morgan fingerprint density at radius 3 is 2.85 bits per heavy atom. The van der Waals surface area contributed by atoms with Gasteiger partial charge in [-0.2, -0.15) is 0 Å². The van der Waals surface area contributed by atoms with Gasteiger partial charge in [0, 0.05) is 13.1 Å². The van der Waals surface area contributed by atoms with Crippen molar-refractivity contribution in [1.29, 1.82) is 0 Å². The number of nitrogens with zero attached hydrogens (tertiary/aromatic N) is 1. The first-order chi connectivity index (χ1) is 9.88. The second kappa shape index (κ2) is 8.98. The third kappa shape index (κ3) is 5.51. The maximum absolute atomic E-state index is 5.75. The van der Waals surface area contributed by atoms with E-state index in [1.807, 2.05) is 30.3 Å². The molecular weight excluding hydrogens is 248 g/mol. The van der Waals surface area contributed by atoms with E-state index in [4.69, 9.17) is 4.74 Å². The first kappa shape index (κ1) is 15.3. The molecule has 1 fully saturated rings. The maximum Gasteiger partial charge on any atom is 0.119 e. The zero-order valence-electron chi connectivity index (χ0n) is 12.7. The number of benzene rings is 1. The largest absolute Gasteiger partial charge is 0.494 e. The lowest BCUT2D eigenvalue weighted by Gasteiger charge is -2.29. The summed E-state index contributed by atoms with van der Waals surface area (Å²) in [6.45, 7) is 8.97. The molecule has 0 spiro atoms. The lowest BCUT2D eigenvalue weighted by molar-refractivity contribution is 0.198. The number of hydrogen-bond acceptors (Lipinski definition) is 3.